The number of para-hydroxylation sites is 1. The van der Waals surface area contributed by atoms with Crippen molar-refractivity contribution in [2.75, 3.05) is 16.8 Å². The zero-order chi connectivity index (χ0) is 32.2. The van der Waals surface area contributed by atoms with Crippen molar-refractivity contribution >= 4 is 63.0 Å². The molecular formula is C33H22F3N3O5S2. The first-order valence-electron chi connectivity index (χ1n) is 14.0. The number of nitrogens with zero attached hydrogens (tertiary/aromatic N) is 1. The van der Waals surface area contributed by atoms with Crippen LogP contribution in [0.5, 0.6) is 5.75 Å². The summed E-state index contributed by atoms with van der Waals surface area (Å²) in [6.45, 7) is -0.332. The molecule has 2 aliphatic rings. The van der Waals surface area contributed by atoms with Gasteiger partial charge in [0, 0.05) is 21.9 Å². The highest BCUT2D eigenvalue weighted by atomic mass is 32.2. The zero-order valence-corrected chi connectivity index (χ0v) is 25.2. The average Bonchev–Trinajstić information content (AvgIpc) is 3.53. The number of anilines is 2. The fourth-order valence-corrected chi connectivity index (χ4v) is 8.50. The number of aromatic nitrogens is 1. The zero-order valence-electron chi connectivity index (χ0n) is 23.5. The number of H-pyrrole nitrogens is 1. The van der Waals surface area contributed by atoms with Crippen LogP contribution < -0.4 is 19.8 Å². The summed E-state index contributed by atoms with van der Waals surface area (Å²) < 4.78 is 47.5. The maximum atomic E-state index is 14.0. The van der Waals surface area contributed by atoms with Crippen molar-refractivity contribution in [3.05, 3.63) is 117 Å². The second-order valence-electron chi connectivity index (χ2n) is 10.7. The molecule has 1 fully saturated rings. The fourth-order valence-electron chi connectivity index (χ4n) is 5.99. The van der Waals surface area contributed by atoms with Gasteiger partial charge < -0.3 is 15.0 Å². The van der Waals surface area contributed by atoms with Gasteiger partial charge in [0.2, 0.25) is 11.8 Å². The number of fused-ring (bicyclic) bond motifs is 3. The van der Waals surface area contributed by atoms with Crippen LogP contribution in [0.4, 0.5) is 24.5 Å². The van der Waals surface area contributed by atoms with E-state index in [-0.39, 0.29) is 11.5 Å². The molecule has 3 unspecified atom stereocenters. The third-order valence-electron chi connectivity index (χ3n) is 7.93. The number of amides is 3. The molecule has 0 spiro atoms. The van der Waals surface area contributed by atoms with E-state index in [0.29, 0.717) is 31.8 Å². The van der Waals surface area contributed by atoms with Gasteiger partial charge in [-0.3, -0.25) is 19.2 Å². The second kappa shape index (κ2) is 11.5. The van der Waals surface area contributed by atoms with E-state index in [4.69, 9.17) is 4.74 Å². The monoisotopic (exact) mass is 661 g/mol. The summed E-state index contributed by atoms with van der Waals surface area (Å²) in [5.74, 6) is -3.63. The lowest BCUT2D eigenvalue weighted by Crippen LogP contribution is -2.33. The van der Waals surface area contributed by atoms with Gasteiger partial charge in [0.15, 0.2) is 6.61 Å². The molecule has 5 aromatic rings. The van der Waals surface area contributed by atoms with E-state index in [2.05, 4.69) is 10.3 Å². The van der Waals surface area contributed by atoms with Gasteiger partial charge in [0.05, 0.1) is 22.2 Å². The molecule has 8 nitrogen and oxygen atoms in total. The van der Waals surface area contributed by atoms with Crippen LogP contribution in [0.25, 0.3) is 10.8 Å². The average molecular weight is 662 g/mol. The lowest BCUT2D eigenvalue weighted by atomic mass is 9.83. The molecule has 0 saturated carbocycles. The quantitative estimate of drug-likeness (QED) is 0.203. The van der Waals surface area contributed by atoms with Gasteiger partial charge in [-0.2, -0.15) is 13.2 Å². The lowest BCUT2D eigenvalue weighted by molar-refractivity contribution is -0.137. The Balaban J connectivity index is 1.18. The standard InChI is InChI=1S/C33H22F3N3O5S2/c34-33(35,36)21-12-3-4-14-23(21)39-30(41)26-25(27-29(38-32(43)46-27)45-28(26)31(39)42)18-9-5-10-19(15-18)44-16-24(40)37-22-13-6-8-17-7-1-2-11-20(17)22/h1-15,25-26,28H,16H2,(H,37,40)(H,38,43). The number of ether oxygens (including phenoxy) is 1. The molecule has 232 valence electrons. The van der Waals surface area contributed by atoms with Crippen LogP contribution in [0.3, 0.4) is 0 Å². The summed E-state index contributed by atoms with van der Waals surface area (Å²) in [5.41, 5.74) is -0.504. The van der Waals surface area contributed by atoms with Crippen molar-refractivity contribution in [2.24, 2.45) is 5.92 Å². The van der Waals surface area contributed by atoms with E-state index in [1.807, 2.05) is 36.4 Å². The number of aromatic amines is 1. The van der Waals surface area contributed by atoms with Gasteiger partial charge in [-0.25, -0.2) is 4.90 Å². The van der Waals surface area contributed by atoms with Gasteiger partial charge in [0.25, 0.3) is 5.91 Å². The van der Waals surface area contributed by atoms with Crippen LogP contribution in [-0.2, 0) is 20.6 Å². The number of hydrogen-bond donors (Lipinski definition) is 2. The van der Waals surface area contributed by atoms with Crippen LogP contribution in [0.2, 0.25) is 0 Å². The van der Waals surface area contributed by atoms with Crippen LogP contribution in [0.15, 0.2) is 101 Å². The Hall–Kier alpha value is -4.88. The third kappa shape index (κ3) is 5.24. The number of alkyl halides is 3. The van der Waals surface area contributed by atoms with Crippen LogP contribution >= 0.6 is 23.1 Å². The molecule has 2 N–H and O–H groups in total. The highest BCUT2D eigenvalue weighted by Gasteiger charge is 2.57. The molecule has 1 saturated heterocycles. The van der Waals surface area contributed by atoms with Crippen molar-refractivity contribution in [3.63, 3.8) is 0 Å². The molecule has 0 radical (unpaired) electrons. The van der Waals surface area contributed by atoms with E-state index in [0.717, 1.165) is 46.0 Å². The third-order valence-corrected chi connectivity index (χ3v) is 10.3. The Kier molecular flexibility index (Phi) is 7.44. The first-order valence-corrected chi connectivity index (χ1v) is 15.7. The van der Waals surface area contributed by atoms with E-state index < -0.39 is 52.2 Å². The Morgan fingerprint density at radius 1 is 0.913 bits per heavy atom. The summed E-state index contributed by atoms with van der Waals surface area (Å²) in [5, 5.41) is 3.99. The SMILES string of the molecule is O=C(COc1cccc(C2c3sc(=O)[nH]c3SC3C(=O)N(c4ccccc4C(F)(F)F)C(=O)C32)c1)Nc1cccc2ccccc12. The molecule has 0 aliphatic carbocycles. The molecule has 46 heavy (non-hydrogen) atoms. The van der Waals surface area contributed by atoms with Crippen molar-refractivity contribution in [1.82, 2.24) is 4.98 Å². The molecule has 1 aromatic heterocycles. The molecule has 3 atom stereocenters. The first kappa shape index (κ1) is 29.8. The number of carbonyl (C=O) groups excluding carboxylic acids is 3. The van der Waals surface area contributed by atoms with E-state index in [1.54, 1.807) is 30.3 Å². The highest BCUT2D eigenvalue weighted by molar-refractivity contribution is 8.00. The molecule has 13 heteroatoms. The van der Waals surface area contributed by atoms with Crippen LogP contribution in [-0.4, -0.2) is 34.6 Å². The van der Waals surface area contributed by atoms with Gasteiger partial charge >= 0.3 is 11.0 Å². The smallest absolute Gasteiger partial charge is 0.418 e. The van der Waals surface area contributed by atoms with Crippen molar-refractivity contribution in [3.8, 4) is 5.75 Å². The summed E-state index contributed by atoms with van der Waals surface area (Å²) in [6.07, 6.45) is -4.80. The minimum atomic E-state index is -4.80. The Bertz CT molecular complexity index is 2090. The normalized spacial score (nSPS) is 19.2. The maximum Gasteiger partial charge on any atom is 0.418 e. The van der Waals surface area contributed by atoms with E-state index in [1.165, 1.54) is 12.1 Å². The fraction of sp³-hybridized carbons (Fsp3) is 0.152. The molecular weight excluding hydrogens is 640 g/mol. The number of thioether (sulfide) groups is 1. The van der Waals surface area contributed by atoms with Gasteiger partial charge in [-0.1, -0.05) is 83.8 Å². The minimum absolute atomic E-state index is 0.292. The largest absolute Gasteiger partial charge is 0.484 e. The number of halogens is 3. The van der Waals surface area contributed by atoms with E-state index in [9.17, 15) is 32.3 Å². The minimum Gasteiger partial charge on any atom is -0.484 e. The molecule has 3 amide bonds. The van der Waals surface area contributed by atoms with Crippen LogP contribution in [0, 0.1) is 5.92 Å². The number of rotatable bonds is 6. The second-order valence-corrected chi connectivity index (χ2v) is 12.9. The molecule has 2 aliphatic heterocycles. The molecule has 0 bridgehead atoms. The Morgan fingerprint density at radius 2 is 1.65 bits per heavy atom. The maximum absolute atomic E-state index is 14.0. The number of imide groups is 1. The predicted octanol–water partition coefficient (Wildman–Crippen LogP) is 6.42. The summed E-state index contributed by atoms with van der Waals surface area (Å²) in [7, 11) is 0. The van der Waals surface area contributed by atoms with Crippen molar-refractivity contribution in [2.45, 2.75) is 22.4 Å². The summed E-state index contributed by atoms with van der Waals surface area (Å²) in [6, 6.07) is 24.2. The number of hydrogen-bond acceptors (Lipinski definition) is 7. The van der Waals surface area contributed by atoms with Crippen LogP contribution in [0.1, 0.15) is 21.9 Å². The van der Waals surface area contributed by atoms with Gasteiger partial charge in [0.1, 0.15) is 11.0 Å². The lowest BCUT2D eigenvalue weighted by Gasteiger charge is -2.30. The number of thiazole rings is 1. The van der Waals surface area contributed by atoms with Crippen molar-refractivity contribution < 1.29 is 32.3 Å². The first-order chi connectivity index (χ1) is 22.1. The number of nitrogens with one attached hydrogen (secondary N) is 2. The predicted molar refractivity (Wildman–Crippen MR) is 168 cm³/mol. The topological polar surface area (TPSA) is 109 Å². The summed E-state index contributed by atoms with van der Waals surface area (Å²) >= 11 is 1.84. The Morgan fingerprint density at radius 3 is 2.48 bits per heavy atom. The Labute approximate surface area is 267 Å². The molecule has 4 aromatic carbocycles. The number of benzene rings is 4. The number of carbonyl (C=O) groups is 3. The van der Waals surface area contributed by atoms with E-state index >= 15 is 0 Å². The van der Waals surface area contributed by atoms with Gasteiger partial charge in [-0.15, -0.1) is 0 Å². The van der Waals surface area contributed by atoms with Crippen molar-refractivity contribution in [1.29, 1.82) is 0 Å². The molecule has 3 heterocycles. The van der Waals surface area contributed by atoms with Gasteiger partial charge in [-0.05, 0) is 41.3 Å². The molecule has 7 rings (SSSR count). The highest BCUT2D eigenvalue weighted by Crippen LogP contribution is 2.54. The summed E-state index contributed by atoms with van der Waals surface area (Å²) in [4.78, 5) is 56.3.